The number of likely N-dealkylation sites (tertiary alicyclic amines) is 1. The molecule has 3 atom stereocenters. The van der Waals surface area contributed by atoms with Crippen molar-refractivity contribution >= 4 is 5.91 Å². The maximum Gasteiger partial charge on any atom is 0.241 e. The average Bonchev–Trinajstić information content (AvgIpc) is 2.98. The van der Waals surface area contributed by atoms with E-state index in [1.807, 2.05) is 0 Å². The minimum atomic E-state index is 0.0491. The first-order valence-corrected chi connectivity index (χ1v) is 8.01. The van der Waals surface area contributed by atoms with Crippen LogP contribution in [0.4, 0.5) is 0 Å². The van der Waals surface area contributed by atoms with Gasteiger partial charge in [-0.15, -0.1) is 0 Å². The van der Waals surface area contributed by atoms with Gasteiger partial charge in [-0.25, -0.2) is 0 Å². The highest BCUT2D eigenvalue weighted by atomic mass is 16.2. The normalized spacial score (nSPS) is 32.5. The summed E-state index contributed by atoms with van der Waals surface area (Å²) in [6.07, 6.45) is 5.89. The second-order valence-electron chi connectivity index (χ2n) is 5.85. The summed E-state index contributed by atoms with van der Waals surface area (Å²) in [4.78, 5) is 17.1. The lowest BCUT2D eigenvalue weighted by molar-refractivity contribution is -0.130. The van der Waals surface area contributed by atoms with E-state index in [0.29, 0.717) is 11.9 Å². The summed E-state index contributed by atoms with van der Waals surface area (Å²) >= 11 is 0. The summed E-state index contributed by atoms with van der Waals surface area (Å²) in [7, 11) is 0. The van der Waals surface area contributed by atoms with Gasteiger partial charge >= 0.3 is 0 Å². The SMILES string of the molecule is CCCC1NC(CC)C(=O)N1CC1CCCN1CC. The summed E-state index contributed by atoms with van der Waals surface area (Å²) < 4.78 is 0. The Bertz CT molecular complexity index is 308. The summed E-state index contributed by atoms with van der Waals surface area (Å²) in [5.41, 5.74) is 0. The first-order valence-electron chi connectivity index (χ1n) is 8.01. The van der Waals surface area contributed by atoms with E-state index in [9.17, 15) is 4.79 Å². The molecule has 1 amide bonds. The molecule has 2 fully saturated rings. The number of hydrogen-bond acceptors (Lipinski definition) is 3. The molecule has 2 aliphatic heterocycles. The van der Waals surface area contributed by atoms with Crippen molar-refractivity contribution < 1.29 is 4.79 Å². The Balaban J connectivity index is 2.01. The van der Waals surface area contributed by atoms with Crippen LogP contribution in [0.5, 0.6) is 0 Å². The molecule has 0 aromatic carbocycles. The fourth-order valence-corrected chi connectivity index (χ4v) is 3.51. The monoisotopic (exact) mass is 267 g/mol. The molecule has 0 aromatic heterocycles. The Kier molecular flexibility index (Phi) is 5.22. The van der Waals surface area contributed by atoms with Gasteiger partial charge in [-0.3, -0.25) is 15.0 Å². The van der Waals surface area contributed by atoms with E-state index in [-0.39, 0.29) is 12.2 Å². The maximum atomic E-state index is 12.4. The molecule has 1 N–H and O–H groups in total. The number of nitrogens with one attached hydrogen (secondary N) is 1. The maximum absolute atomic E-state index is 12.4. The molecule has 4 nitrogen and oxygen atoms in total. The minimum absolute atomic E-state index is 0.0491. The van der Waals surface area contributed by atoms with Gasteiger partial charge in [0.2, 0.25) is 5.91 Å². The van der Waals surface area contributed by atoms with E-state index < -0.39 is 0 Å². The van der Waals surface area contributed by atoms with Crippen molar-refractivity contribution in [2.75, 3.05) is 19.6 Å². The Labute approximate surface area is 117 Å². The van der Waals surface area contributed by atoms with Crippen molar-refractivity contribution in [3.63, 3.8) is 0 Å². The fraction of sp³-hybridized carbons (Fsp3) is 0.933. The molecule has 2 aliphatic rings. The largest absolute Gasteiger partial charge is 0.324 e. The van der Waals surface area contributed by atoms with Gasteiger partial charge in [0.05, 0.1) is 12.2 Å². The van der Waals surface area contributed by atoms with Crippen molar-refractivity contribution in [3.05, 3.63) is 0 Å². The van der Waals surface area contributed by atoms with Crippen LogP contribution in [0.25, 0.3) is 0 Å². The number of hydrogen-bond donors (Lipinski definition) is 1. The molecule has 0 aromatic rings. The third-order valence-electron chi connectivity index (χ3n) is 4.63. The highest BCUT2D eigenvalue weighted by Gasteiger charge is 2.39. The van der Waals surface area contributed by atoms with Crippen molar-refractivity contribution in [1.29, 1.82) is 0 Å². The summed E-state index contributed by atoms with van der Waals surface area (Å²) in [6.45, 7) is 9.73. The van der Waals surface area contributed by atoms with Crippen molar-refractivity contribution in [3.8, 4) is 0 Å². The van der Waals surface area contributed by atoms with Gasteiger partial charge in [-0.2, -0.15) is 0 Å². The van der Waals surface area contributed by atoms with E-state index in [2.05, 4.69) is 35.9 Å². The van der Waals surface area contributed by atoms with E-state index in [0.717, 1.165) is 32.4 Å². The third-order valence-corrected chi connectivity index (χ3v) is 4.63. The van der Waals surface area contributed by atoms with Crippen LogP contribution in [0.2, 0.25) is 0 Å². The lowest BCUT2D eigenvalue weighted by Crippen LogP contribution is -2.45. The number of carbonyl (C=O) groups excluding carboxylic acids is 1. The lowest BCUT2D eigenvalue weighted by atomic mass is 10.1. The highest BCUT2D eigenvalue weighted by molar-refractivity contribution is 5.84. The molecule has 0 radical (unpaired) electrons. The number of carbonyl (C=O) groups is 1. The molecule has 3 unspecified atom stereocenters. The molecule has 2 rings (SSSR count). The predicted molar refractivity (Wildman–Crippen MR) is 77.9 cm³/mol. The molecule has 2 heterocycles. The molecule has 110 valence electrons. The van der Waals surface area contributed by atoms with Gasteiger partial charge in [-0.05, 0) is 38.8 Å². The third kappa shape index (κ3) is 3.11. The number of nitrogens with zero attached hydrogens (tertiary/aromatic N) is 2. The lowest BCUT2D eigenvalue weighted by Gasteiger charge is -2.31. The number of likely N-dealkylation sites (N-methyl/N-ethyl adjacent to an activating group) is 1. The quantitative estimate of drug-likeness (QED) is 0.797. The van der Waals surface area contributed by atoms with Gasteiger partial charge in [0.25, 0.3) is 0 Å². The Morgan fingerprint density at radius 3 is 2.74 bits per heavy atom. The van der Waals surface area contributed by atoms with Crippen molar-refractivity contribution in [2.45, 2.75) is 71.1 Å². The zero-order valence-corrected chi connectivity index (χ0v) is 12.7. The second-order valence-corrected chi connectivity index (χ2v) is 5.85. The van der Waals surface area contributed by atoms with Crippen LogP contribution in [0.1, 0.15) is 52.9 Å². The first kappa shape index (κ1) is 14.8. The van der Waals surface area contributed by atoms with Crippen LogP contribution in [0.3, 0.4) is 0 Å². The van der Waals surface area contributed by atoms with Crippen LogP contribution in [0, 0.1) is 0 Å². The Morgan fingerprint density at radius 2 is 2.11 bits per heavy atom. The van der Waals surface area contributed by atoms with Crippen LogP contribution in [0.15, 0.2) is 0 Å². The zero-order valence-electron chi connectivity index (χ0n) is 12.7. The van der Waals surface area contributed by atoms with Crippen molar-refractivity contribution in [1.82, 2.24) is 15.1 Å². The van der Waals surface area contributed by atoms with E-state index in [1.165, 1.54) is 19.4 Å². The van der Waals surface area contributed by atoms with E-state index in [4.69, 9.17) is 0 Å². The van der Waals surface area contributed by atoms with E-state index >= 15 is 0 Å². The smallest absolute Gasteiger partial charge is 0.241 e. The number of amides is 1. The van der Waals surface area contributed by atoms with Gasteiger partial charge < -0.3 is 4.90 Å². The molecule has 0 aliphatic carbocycles. The molecule has 2 saturated heterocycles. The van der Waals surface area contributed by atoms with Crippen LogP contribution in [-0.2, 0) is 4.79 Å². The predicted octanol–water partition coefficient (Wildman–Crippen LogP) is 1.81. The minimum Gasteiger partial charge on any atom is -0.324 e. The Morgan fingerprint density at radius 1 is 1.32 bits per heavy atom. The van der Waals surface area contributed by atoms with Crippen LogP contribution >= 0.6 is 0 Å². The van der Waals surface area contributed by atoms with Crippen molar-refractivity contribution in [2.24, 2.45) is 0 Å². The van der Waals surface area contributed by atoms with Crippen LogP contribution in [-0.4, -0.2) is 53.6 Å². The van der Waals surface area contributed by atoms with Gasteiger partial charge in [0.15, 0.2) is 0 Å². The molecule has 0 saturated carbocycles. The summed E-state index contributed by atoms with van der Waals surface area (Å²) in [5.74, 6) is 0.323. The second kappa shape index (κ2) is 6.71. The summed E-state index contributed by atoms with van der Waals surface area (Å²) in [5, 5.41) is 3.51. The molecule has 19 heavy (non-hydrogen) atoms. The number of rotatable bonds is 6. The van der Waals surface area contributed by atoms with Crippen LogP contribution < -0.4 is 5.32 Å². The van der Waals surface area contributed by atoms with Gasteiger partial charge in [0, 0.05) is 12.6 Å². The summed E-state index contributed by atoms with van der Waals surface area (Å²) in [6, 6.07) is 0.624. The fourth-order valence-electron chi connectivity index (χ4n) is 3.51. The average molecular weight is 267 g/mol. The van der Waals surface area contributed by atoms with Gasteiger partial charge in [-0.1, -0.05) is 27.2 Å². The molecular formula is C15H29N3O. The zero-order chi connectivity index (χ0) is 13.8. The first-order chi connectivity index (χ1) is 9.21. The molecular weight excluding hydrogens is 238 g/mol. The Hall–Kier alpha value is -0.610. The molecule has 4 heteroatoms. The van der Waals surface area contributed by atoms with Gasteiger partial charge in [0.1, 0.15) is 0 Å². The molecule has 0 spiro atoms. The molecule has 0 bridgehead atoms. The topological polar surface area (TPSA) is 35.6 Å². The standard InChI is InChI=1S/C15H29N3O/c1-4-8-14-16-13(5-2)15(19)18(14)11-12-9-7-10-17(12)6-3/h12-14,16H,4-11H2,1-3H3. The van der Waals surface area contributed by atoms with E-state index in [1.54, 1.807) is 0 Å². The highest BCUT2D eigenvalue weighted by Crippen LogP contribution is 2.23.